The summed E-state index contributed by atoms with van der Waals surface area (Å²) in [6.07, 6.45) is 2.28. The second-order valence-corrected chi connectivity index (χ2v) is 8.22. The number of nitrogen functional groups attached to an aromatic ring is 1. The maximum atomic E-state index is 13.1. The molecule has 6 heterocycles. The molecule has 0 spiro atoms. The number of nitrogens with two attached hydrogens (primary N) is 1. The third-order valence-electron chi connectivity index (χ3n) is 5.85. The molecule has 0 saturated carbocycles. The Hall–Kier alpha value is -4.03. The van der Waals surface area contributed by atoms with Crippen molar-refractivity contribution in [3.8, 4) is 0 Å². The van der Waals surface area contributed by atoms with E-state index in [1.807, 2.05) is 17.0 Å². The molecular formula is C21H23F2N9O2. The number of hydrogen-bond acceptors (Lipinski definition) is 8. The third kappa shape index (κ3) is 4.16. The predicted octanol–water partition coefficient (Wildman–Crippen LogP) is 1.84. The number of fused-ring (bicyclic) bond motifs is 2. The van der Waals surface area contributed by atoms with E-state index in [1.54, 1.807) is 27.7 Å². The quantitative estimate of drug-likeness (QED) is 0.460. The van der Waals surface area contributed by atoms with Gasteiger partial charge in [0.1, 0.15) is 29.8 Å². The van der Waals surface area contributed by atoms with Crippen LogP contribution in [-0.2, 0) is 0 Å². The van der Waals surface area contributed by atoms with Gasteiger partial charge in [0.05, 0.1) is 25.5 Å². The van der Waals surface area contributed by atoms with Crippen LogP contribution in [0, 0.1) is 0 Å². The van der Waals surface area contributed by atoms with Crippen molar-refractivity contribution in [2.24, 2.45) is 0 Å². The Morgan fingerprint density at radius 3 is 1.94 bits per heavy atom. The van der Waals surface area contributed by atoms with Gasteiger partial charge in [-0.05, 0) is 37.1 Å². The summed E-state index contributed by atoms with van der Waals surface area (Å²) in [6, 6.07) is 7.09. The Morgan fingerprint density at radius 2 is 1.41 bits per heavy atom. The molecule has 0 aromatic carbocycles. The smallest absolute Gasteiger partial charge is 0.356 e. The molecule has 6 rings (SSSR count). The molecule has 4 aromatic rings. The summed E-state index contributed by atoms with van der Waals surface area (Å²) in [7, 11) is 0. The minimum absolute atomic E-state index is 0.00263. The second kappa shape index (κ2) is 8.72. The SMILES string of the molecule is Nc1cnc2ccc(N3CC[C@H](F)C3)nn12.O=C(O)c1cnc2ccc(N3CC[C@H](F)C3)nn12. The largest absolute Gasteiger partial charge is 0.476 e. The predicted molar refractivity (Wildman–Crippen MR) is 121 cm³/mol. The summed E-state index contributed by atoms with van der Waals surface area (Å²) >= 11 is 0. The normalized spacial score (nSPS) is 20.2. The van der Waals surface area contributed by atoms with Crippen LogP contribution in [0.1, 0.15) is 23.3 Å². The van der Waals surface area contributed by atoms with E-state index in [9.17, 15) is 13.6 Å². The minimum atomic E-state index is -1.09. The number of rotatable bonds is 3. The Bertz CT molecular complexity index is 1340. The molecule has 2 saturated heterocycles. The zero-order valence-corrected chi connectivity index (χ0v) is 18.1. The van der Waals surface area contributed by atoms with E-state index in [0.717, 1.165) is 5.82 Å². The standard InChI is InChI=1S/C11H11FN4O2.C10H12FN5/c12-7-3-4-15(6-7)10-2-1-9-13-5-8(11(17)18)16(9)14-10;11-7-3-4-15(6-7)10-2-1-9-13-5-8(12)16(9)14-10/h1-2,5,7H,3-4,6H2,(H,17,18);1-2,5,7H,3-4,6,12H2/t2*7-/m00/s1. The van der Waals surface area contributed by atoms with Gasteiger partial charge in [0.15, 0.2) is 17.0 Å². The van der Waals surface area contributed by atoms with Crippen molar-refractivity contribution >= 4 is 34.7 Å². The monoisotopic (exact) mass is 471 g/mol. The van der Waals surface area contributed by atoms with Crippen LogP contribution < -0.4 is 15.5 Å². The summed E-state index contributed by atoms with van der Waals surface area (Å²) in [6.45, 7) is 2.01. The van der Waals surface area contributed by atoms with Crippen molar-refractivity contribution in [2.45, 2.75) is 25.2 Å². The number of halogens is 2. The van der Waals surface area contributed by atoms with Crippen LogP contribution >= 0.6 is 0 Å². The zero-order chi connectivity index (χ0) is 23.8. The van der Waals surface area contributed by atoms with E-state index in [-0.39, 0.29) is 5.69 Å². The molecule has 11 nitrogen and oxygen atoms in total. The van der Waals surface area contributed by atoms with Gasteiger partial charge < -0.3 is 20.6 Å². The lowest BCUT2D eigenvalue weighted by Crippen LogP contribution is -2.22. The number of hydrogen-bond donors (Lipinski definition) is 2. The molecule has 4 aromatic heterocycles. The van der Waals surface area contributed by atoms with E-state index in [2.05, 4.69) is 20.2 Å². The molecule has 2 fully saturated rings. The van der Waals surface area contributed by atoms with Gasteiger partial charge in [0, 0.05) is 13.1 Å². The summed E-state index contributed by atoms with van der Waals surface area (Å²) in [4.78, 5) is 22.7. The van der Waals surface area contributed by atoms with Crippen LogP contribution in [-0.4, -0.2) is 78.8 Å². The first-order valence-electron chi connectivity index (χ1n) is 10.9. The number of aromatic carboxylic acids is 1. The lowest BCUT2D eigenvalue weighted by Gasteiger charge is -2.15. The first kappa shape index (κ1) is 21.8. The first-order valence-corrected chi connectivity index (χ1v) is 10.9. The van der Waals surface area contributed by atoms with Gasteiger partial charge in [-0.2, -0.15) is 4.52 Å². The number of imidazole rings is 2. The highest BCUT2D eigenvalue weighted by atomic mass is 19.1. The molecule has 2 aliphatic heterocycles. The molecule has 13 heteroatoms. The Morgan fingerprint density at radius 1 is 0.882 bits per heavy atom. The van der Waals surface area contributed by atoms with Crippen LogP contribution in [0.15, 0.2) is 36.7 Å². The number of aromatic nitrogens is 6. The van der Waals surface area contributed by atoms with Crippen LogP contribution in [0.2, 0.25) is 0 Å². The molecule has 178 valence electrons. The average Bonchev–Trinajstić information content (AvgIpc) is 3.61. The van der Waals surface area contributed by atoms with E-state index >= 15 is 0 Å². The molecule has 3 N–H and O–H groups in total. The fraction of sp³-hybridized carbons (Fsp3) is 0.381. The molecule has 0 unspecified atom stereocenters. The van der Waals surface area contributed by atoms with Crippen molar-refractivity contribution < 1.29 is 18.7 Å². The molecule has 0 amide bonds. The fourth-order valence-electron chi connectivity index (χ4n) is 4.08. The number of carbonyl (C=O) groups is 1. The topological polar surface area (TPSA) is 130 Å². The van der Waals surface area contributed by atoms with Gasteiger partial charge in [-0.25, -0.2) is 28.1 Å². The Labute approximate surface area is 192 Å². The van der Waals surface area contributed by atoms with Crippen LogP contribution in [0.5, 0.6) is 0 Å². The number of carboxylic acids is 1. The highest BCUT2D eigenvalue weighted by Crippen LogP contribution is 2.21. The molecule has 0 bridgehead atoms. The number of anilines is 3. The van der Waals surface area contributed by atoms with E-state index in [1.165, 1.54) is 10.7 Å². The van der Waals surface area contributed by atoms with Gasteiger partial charge in [-0.3, -0.25) is 0 Å². The van der Waals surface area contributed by atoms with Gasteiger partial charge in [0.25, 0.3) is 0 Å². The van der Waals surface area contributed by atoms with Crippen molar-refractivity contribution in [1.82, 2.24) is 29.2 Å². The summed E-state index contributed by atoms with van der Waals surface area (Å²) in [5, 5.41) is 17.5. The fourth-order valence-corrected chi connectivity index (χ4v) is 4.08. The second-order valence-electron chi connectivity index (χ2n) is 8.22. The minimum Gasteiger partial charge on any atom is -0.476 e. The van der Waals surface area contributed by atoms with Crippen molar-refractivity contribution in [1.29, 1.82) is 0 Å². The van der Waals surface area contributed by atoms with Crippen LogP contribution in [0.4, 0.5) is 26.2 Å². The van der Waals surface area contributed by atoms with Crippen LogP contribution in [0.25, 0.3) is 11.3 Å². The number of nitrogens with zero attached hydrogens (tertiary/aromatic N) is 8. The molecule has 2 atom stereocenters. The molecule has 34 heavy (non-hydrogen) atoms. The summed E-state index contributed by atoms with van der Waals surface area (Å²) in [5.74, 6) is 0.727. The lowest BCUT2D eigenvalue weighted by atomic mass is 10.3. The van der Waals surface area contributed by atoms with Gasteiger partial charge >= 0.3 is 5.97 Å². The summed E-state index contributed by atoms with van der Waals surface area (Å²) in [5.41, 5.74) is 6.89. The maximum Gasteiger partial charge on any atom is 0.356 e. The molecule has 0 radical (unpaired) electrons. The Kier molecular flexibility index (Phi) is 5.59. The van der Waals surface area contributed by atoms with E-state index in [4.69, 9.17) is 10.8 Å². The zero-order valence-electron chi connectivity index (χ0n) is 18.1. The highest BCUT2D eigenvalue weighted by molar-refractivity contribution is 5.86. The Balaban J connectivity index is 0.000000142. The third-order valence-corrected chi connectivity index (χ3v) is 5.85. The van der Waals surface area contributed by atoms with Gasteiger partial charge in [0.2, 0.25) is 0 Å². The lowest BCUT2D eigenvalue weighted by molar-refractivity contribution is 0.0688. The first-order chi connectivity index (χ1) is 16.4. The van der Waals surface area contributed by atoms with Crippen molar-refractivity contribution in [3.63, 3.8) is 0 Å². The number of alkyl halides is 2. The molecule has 2 aliphatic rings. The summed E-state index contributed by atoms with van der Waals surface area (Å²) < 4.78 is 29.1. The maximum absolute atomic E-state index is 13.1. The number of carboxylic acid groups (broad SMARTS) is 1. The van der Waals surface area contributed by atoms with Crippen molar-refractivity contribution in [2.75, 3.05) is 41.7 Å². The van der Waals surface area contributed by atoms with Gasteiger partial charge in [-0.15, -0.1) is 10.2 Å². The average molecular weight is 471 g/mol. The molecule has 0 aliphatic carbocycles. The van der Waals surface area contributed by atoms with E-state index in [0.29, 0.717) is 62.0 Å². The molecular weight excluding hydrogens is 448 g/mol. The van der Waals surface area contributed by atoms with Crippen molar-refractivity contribution in [3.05, 3.63) is 42.4 Å². The highest BCUT2D eigenvalue weighted by Gasteiger charge is 2.24. The van der Waals surface area contributed by atoms with Gasteiger partial charge in [-0.1, -0.05) is 0 Å². The van der Waals surface area contributed by atoms with Crippen LogP contribution in [0.3, 0.4) is 0 Å². The van der Waals surface area contributed by atoms with E-state index < -0.39 is 18.3 Å².